The van der Waals surface area contributed by atoms with Crippen LogP contribution in [0.2, 0.25) is 10.0 Å². The molecule has 1 atom stereocenters. The van der Waals surface area contributed by atoms with Crippen LogP contribution in [0.5, 0.6) is 0 Å². The molecule has 0 fully saturated rings. The molecule has 4 aromatic carbocycles. The Bertz CT molecular complexity index is 1690. The topological polar surface area (TPSA) is 86.8 Å². The van der Waals surface area contributed by atoms with Crippen LogP contribution in [-0.4, -0.2) is 44.3 Å². The Kier molecular flexibility index (Phi) is 12.7. The van der Waals surface area contributed by atoms with Crippen LogP contribution < -0.4 is 9.62 Å². The van der Waals surface area contributed by atoms with Crippen molar-refractivity contribution in [1.29, 1.82) is 0 Å². The van der Waals surface area contributed by atoms with Crippen LogP contribution in [0.15, 0.2) is 108 Å². The molecule has 1 N–H and O–H groups in total. The molecule has 0 aromatic heterocycles. The van der Waals surface area contributed by atoms with E-state index < -0.39 is 28.5 Å². The highest BCUT2D eigenvalue weighted by Gasteiger charge is 2.34. The summed E-state index contributed by atoms with van der Waals surface area (Å²) in [4.78, 5) is 29.8. The van der Waals surface area contributed by atoms with Crippen molar-refractivity contribution >= 4 is 73.3 Å². The van der Waals surface area contributed by atoms with E-state index in [-0.39, 0.29) is 23.8 Å². The molecule has 0 spiro atoms. The Balaban J connectivity index is 1.79. The van der Waals surface area contributed by atoms with E-state index in [0.717, 1.165) is 26.3 Å². The third-order valence-electron chi connectivity index (χ3n) is 7.16. The van der Waals surface area contributed by atoms with Gasteiger partial charge in [-0.3, -0.25) is 13.9 Å². The number of carbonyl (C=O) groups is 2. The van der Waals surface area contributed by atoms with E-state index in [0.29, 0.717) is 27.8 Å². The quantitative estimate of drug-likeness (QED) is 0.107. The van der Waals surface area contributed by atoms with Crippen LogP contribution in [0.1, 0.15) is 30.9 Å². The minimum atomic E-state index is -4.16. The molecule has 0 aliphatic heterocycles. The largest absolute Gasteiger partial charge is 0.354 e. The van der Waals surface area contributed by atoms with E-state index in [1.807, 2.05) is 37.3 Å². The van der Waals surface area contributed by atoms with Crippen molar-refractivity contribution in [1.82, 2.24) is 10.2 Å². The fourth-order valence-corrected chi connectivity index (χ4v) is 6.87. The van der Waals surface area contributed by atoms with E-state index >= 15 is 0 Å². The molecule has 0 radical (unpaired) electrons. The molecule has 0 unspecified atom stereocenters. The molecule has 2 amide bonds. The normalized spacial score (nSPS) is 11.9. The molecule has 4 aromatic rings. The highest BCUT2D eigenvalue weighted by Crippen LogP contribution is 2.27. The second kappa shape index (κ2) is 16.4. The Hall–Kier alpha value is -3.12. The third-order valence-corrected chi connectivity index (χ3v) is 10.4. The molecule has 0 saturated carbocycles. The van der Waals surface area contributed by atoms with Gasteiger partial charge in [0.1, 0.15) is 12.6 Å². The van der Waals surface area contributed by atoms with Crippen LogP contribution in [0.25, 0.3) is 0 Å². The Morgan fingerprint density at radius 1 is 0.844 bits per heavy atom. The van der Waals surface area contributed by atoms with Gasteiger partial charge < -0.3 is 10.2 Å². The van der Waals surface area contributed by atoms with Gasteiger partial charge in [-0.05, 0) is 88.7 Å². The summed E-state index contributed by atoms with van der Waals surface area (Å²) >= 11 is 14.6. The zero-order chi connectivity index (χ0) is 32.4. The Labute approximate surface area is 288 Å². The summed E-state index contributed by atoms with van der Waals surface area (Å²) in [6, 6.07) is 28.4. The lowest BCUT2D eigenvalue weighted by Crippen LogP contribution is -2.53. The van der Waals surface area contributed by atoms with E-state index in [1.54, 1.807) is 60.7 Å². The maximum Gasteiger partial charge on any atom is 0.264 e. The van der Waals surface area contributed by atoms with Crippen molar-refractivity contribution in [2.45, 2.75) is 43.7 Å². The van der Waals surface area contributed by atoms with Crippen LogP contribution >= 0.6 is 45.8 Å². The summed E-state index contributed by atoms with van der Waals surface area (Å²) in [5.74, 6) is -0.877. The zero-order valence-electron chi connectivity index (χ0n) is 24.7. The molecule has 0 saturated heterocycles. The number of halogens is 3. The fourth-order valence-electron chi connectivity index (χ4n) is 4.75. The van der Waals surface area contributed by atoms with E-state index in [9.17, 15) is 18.0 Å². The van der Waals surface area contributed by atoms with Crippen LogP contribution in [0.3, 0.4) is 0 Å². The van der Waals surface area contributed by atoms with Crippen molar-refractivity contribution in [3.05, 3.63) is 128 Å². The SMILES string of the molecule is CCCCNC(=O)[C@@H](Cc1ccccc1)N(Cc1ccc(Cl)c(Cl)c1)C(=O)CN(c1ccc(I)cc1)S(=O)(=O)c1ccccc1. The zero-order valence-corrected chi connectivity index (χ0v) is 29.2. The van der Waals surface area contributed by atoms with Gasteiger partial charge in [-0.15, -0.1) is 0 Å². The molecule has 4 rings (SSSR count). The predicted octanol–water partition coefficient (Wildman–Crippen LogP) is 7.35. The molecule has 45 heavy (non-hydrogen) atoms. The van der Waals surface area contributed by atoms with Crippen molar-refractivity contribution in [3.8, 4) is 0 Å². The van der Waals surface area contributed by atoms with E-state index in [4.69, 9.17) is 23.2 Å². The minimum absolute atomic E-state index is 0.000330. The number of amides is 2. The molecule has 0 bridgehead atoms. The van der Waals surface area contributed by atoms with Crippen molar-refractivity contribution < 1.29 is 18.0 Å². The second-order valence-corrected chi connectivity index (χ2v) is 14.3. The molecular formula is C34H34Cl2IN3O4S. The van der Waals surface area contributed by atoms with Crippen molar-refractivity contribution in [2.75, 3.05) is 17.4 Å². The van der Waals surface area contributed by atoms with Gasteiger partial charge in [0.2, 0.25) is 11.8 Å². The molecule has 0 aliphatic rings. The molecule has 0 aliphatic carbocycles. The summed E-state index contributed by atoms with van der Waals surface area (Å²) in [5.41, 5.74) is 1.82. The third kappa shape index (κ3) is 9.45. The van der Waals surface area contributed by atoms with E-state index in [2.05, 4.69) is 27.9 Å². The molecular weight excluding hydrogens is 744 g/mol. The molecule has 11 heteroatoms. The standard InChI is InChI=1S/C34H34Cl2IN3O4S/c1-2-3-20-38-34(42)32(22-25-10-6-4-7-11-25)39(23-26-14-19-30(35)31(36)21-26)33(41)24-40(28-17-15-27(37)16-18-28)45(43,44)29-12-8-5-9-13-29/h4-19,21,32H,2-3,20,22-24H2,1H3,(H,38,42)/t32-/m1/s1. The smallest absolute Gasteiger partial charge is 0.264 e. The summed E-state index contributed by atoms with van der Waals surface area (Å²) in [6.45, 7) is 1.94. The van der Waals surface area contributed by atoms with Crippen molar-refractivity contribution in [2.24, 2.45) is 0 Å². The van der Waals surface area contributed by atoms with Gasteiger partial charge in [0.05, 0.1) is 20.6 Å². The Morgan fingerprint density at radius 3 is 2.11 bits per heavy atom. The van der Waals surface area contributed by atoms with Gasteiger partial charge >= 0.3 is 0 Å². The number of rotatable bonds is 14. The molecule has 0 heterocycles. The summed E-state index contributed by atoms with van der Waals surface area (Å²) in [7, 11) is -4.16. The van der Waals surface area contributed by atoms with Gasteiger partial charge in [-0.2, -0.15) is 0 Å². The second-order valence-electron chi connectivity index (χ2n) is 10.4. The first kappa shape index (κ1) is 34.7. The minimum Gasteiger partial charge on any atom is -0.354 e. The first-order valence-corrected chi connectivity index (χ1v) is 17.8. The van der Waals surface area contributed by atoms with Crippen LogP contribution in [0.4, 0.5) is 5.69 Å². The summed E-state index contributed by atoms with van der Waals surface area (Å²) in [6.07, 6.45) is 1.89. The highest BCUT2D eigenvalue weighted by molar-refractivity contribution is 14.1. The van der Waals surface area contributed by atoms with Gasteiger partial charge in [0.25, 0.3) is 10.0 Å². The number of hydrogen-bond donors (Lipinski definition) is 1. The molecule has 7 nitrogen and oxygen atoms in total. The number of carbonyl (C=O) groups excluding carboxylic acids is 2. The number of unbranched alkanes of at least 4 members (excludes halogenated alkanes) is 1. The average molecular weight is 779 g/mol. The van der Waals surface area contributed by atoms with Crippen LogP contribution in [-0.2, 0) is 32.6 Å². The van der Waals surface area contributed by atoms with Gasteiger partial charge in [-0.25, -0.2) is 8.42 Å². The number of nitrogens with zero attached hydrogens (tertiary/aromatic N) is 2. The number of benzene rings is 4. The maximum absolute atomic E-state index is 14.5. The predicted molar refractivity (Wildman–Crippen MR) is 189 cm³/mol. The van der Waals surface area contributed by atoms with Crippen LogP contribution in [0, 0.1) is 3.57 Å². The highest BCUT2D eigenvalue weighted by atomic mass is 127. The fraction of sp³-hybridized carbons (Fsp3) is 0.235. The van der Waals surface area contributed by atoms with E-state index in [1.165, 1.54) is 17.0 Å². The first-order valence-electron chi connectivity index (χ1n) is 14.5. The number of sulfonamides is 1. The van der Waals surface area contributed by atoms with Gasteiger partial charge in [0, 0.05) is 23.1 Å². The summed E-state index contributed by atoms with van der Waals surface area (Å²) in [5, 5.41) is 3.64. The Morgan fingerprint density at radius 2 is 1.49 bits per heavy atom. The molecule has 236 valence electrons. The monoisotopic (exact) mass is 777 g/mol. The number of hydrogen-bond acceptors (Lipinski definition) is 4. The number of anilines is 1. The summed E-state index contributed by atoms with van der Waals surface area (Å²) < 4.78 is 30.1. The number of nitrogens with one attached hydrogen (secondary N) is 1. The van der Waals surface area contributed by atoms with Gasteiger partial charge in [0.15, 0.2) is 0 Å². The van der Waals surface area contributed by atoms with Crippen molar-refractivity contribution in [3.63, 3.8) is 0 Å². The lowest BCUT2D eigenvalue weighted by molar-refractivity contribution is -0.140. The lowest BCUT2D eigenvalue weighted by atomic mass is 10.0. The van der Waals surface area contributed by atoms with Gasteiger partial charge in [-0.1, -0.05) is 91.1 Å². The maximum atomic E-state index is 14.5. The first-order chi connectivity index (χ1) is 21.6. The average Bonchev–Trinajstić information content (AvgIpc) is 3.04. The lowest BCUT2D eigenvalue weighted by Gasteiger charge is -2.34.